The quantitative estimate of drug-likeness (QED) is 0.870. The van der Waals surface area contributed by atoms with Crippen molar-refractivity contribution >= 4 is 15.9 Å². The number of rotatable bonds is 2. The Kier molecular flexibility index (Phi) is 2.82. The topological polar surface area (TPSA) is 38.0 Å². The normalized spacial score (nSPS) is 14.6. The molecule has 0 aliphatic rings. The molecule has 0 fully saturated rings. The smallest absolute Gasteiger partial charge is 0.0812 e. The molecule has 1 N–H and O–H groups in total. The van der Waals surface area contributed by atoms with Gasteiger partial charge in [-0.1, -0.05) is 0 Å². The second-order valence-corrected chi connectivity index (χ2v) is 4.73. The van der Waals surface area contributed by atoms with E-state index in [1.807, 2.05) is 20.0 Å². The number of aryl methyl sites for hydroxylation is 1. The molecule has 3 nitrogen and oxygen atoms in total. The van der Waals surface area contributed by atoms with Gasteiger partial charge < -0.3 is 5.11 Å². The van der Waals surface area contributed by atoms with E-state index in [-0.39, 0.29) is 6.04 Å². The van der Waals surface area contributed by atoms with E-state index in [0.29, 0.717) is 0 Å². The van der Waals surface area contributed by atoms with Crippen molar-refractivity contribution in [2.45, 2.75) is 39.3 Å². The van der Waals surface area contributed by atoms with E-state index in [1.54, 1.807) is 18.5 Å². The van der Waals surface area contributed by atoms with Crippen LogP contribution in [-0.2, 0) is 0 Å². The second-order valence-electron chi connectivity index (χ2n) is 3.87. The van der Waals surface area contributed by atoms with Crippen molar-refractivity contribution in [3.63, 3.8) is 0 Å². The zero-order valence-electron chi connectivity index (χ0n) is 8.37. The van der Waals surface area contributed by atoms with Gasteiger partial charge in [-0.05, 0) is 43.6 Å². The first-order valence-electron chi connectivity index (χ1n) is 4.26. The molecule has 1 unspecified atom stereocenters. The van der Waals surface area contributed by atoms with E-state index in [2.05, 4.69) is 21.0 Å². The third-order valence-electron chi connectivity index (χ3n) is 2.28. The summed E-state index contributed by atoms with van der Waals surface area (Å²) in [5.41, 5.74) is 0.189. The Bertz CT molecular complexity index is 282. The van der Waals surface area contributed by atoms with Crippen LogP contribution in [0.2, 0.25) is 0 Å². The van der Waals surface area contributed by atoms with Crippen LogP contribution in [0.5, 0.6) is 0 Å². The van der Waals surface area contributed by atoms with E-state index >= 15 is 0 Å². The number of halogens is 1. The van der Waals surface area contributed by atoms with Crippen molar-refractivity contribution in [1.82, 2.24) is 9.78 Å². The average Bonchev–Trinajstić information content (AvgIpc) is 2.29. The Morgan fingerprint density at radius 1 is 1.62 bits per heavy atom. The van der Waals surface area contributed by atoms with E-state index in [4.69, 9.17) is 0 Å². The lowest BCUT2D eigenvalue weighted by atomic mass is 10.0. The van der Waals surface area contributed by atoms with E-state index in [1.165, 1.54) is 0 Å². The maximum Gasteiger partial charge on any atom is 0.0812 e. The predicted molar refractivity (Wildman–Crippen MR) is 55.7 cm³/mol. The summed E-state index contributed by atoms with van der Waals surface area (Å²) in [5, 5.41) is 14.0. The molecule has 0 amide bonds. The lowest BCUT2D eigenvalue weighted by Crippen LogP contribution is -2.31. The molecule has 0 spiro atoms. The number of hydrogen-bond acceptors (Lipinski definition) is 2. The van der Waals surface area contributed by atoms with E-state index in [9.17, 15) is 5.11 Å². The second kappa shape index (κ2) is 3.42. The van der Waals surface area contributed by atoms with E-state index < -0.39 is 5.60 Å². The number of aromatic nitrogens is 2. The molecule has 0 aliphatic carbocycles. The zero-order chi connectivity index (χ0) is 10.2. The first-order valence-corrected chi connectivity index (χ1v) is 5.05. The highest BCUT2D eigenvalue weighted by molar-refractivity contribution is 9.10. The molecule has 1 rings (SSSR count). The molecule has 4 heteroatoms. The van der Waals surface area contributed by atoms with Crippen molar-refractivity contribution in [3.8, 4) is 0 Å². The first-order chi connectivity index (χ1) is 5.82. The molecule has 1 heterocycles. The van der Waals surface area contributed by atoms with Crippen molar-refractivity contribution in [3.05, 3.63) is 16.4 Å². The molecule has 13 heavy (non-hydrogen) atoms. The van der Waals surface area contributed by atoms with Crippen molar-refractivity contribution in [2.75, 3.05) is 0 Å². The fraction of sp³-hybridized carbons (Fsp3) is 0.667. The number of nitrogens with zero attached hydrogens (tertiary/aromatic N) is 2. The molecule has 0 aromatic carbocycles. The van der Waals surface area contributed by atoms with Gasteiger partial charge >= 0.3 is 0 Å². The summed E-state index contributed by atoms with van der Waals surface area (Å²) < 4.78 is 2.75. The maximum atomic E-state index is 9.76. The summed E-state index contributed by atoms with van der Waals surface area (Å²) in [5.74, 6) is 0. The van der Waals surface area contributed by atoms with Crippen molar-refractivity contribution in [2.24, 2.45) is 0 Å². The van der Waals surface area contributed by atoms with Crippen LogP contribution >= 0.6 is 15.9 Å². The Hall–Kier alpha value is -0.350. The minimum Gasteiger partial charge on any atom is -0.388 e. The summed E-state index contributed by atoms with van der Waals surface area (Å²) >= 11 is 3.39. The highest BCUT2D eigenvalue weighted by Crippen LogP contribution is 2.23. The van der Waals surface area contributed by atoms with Crippen LogP contribution < -0.4 is 0 Å². The minimum atomic E-state index is -0.752. The Morgan fingerprint density at radius 2 is 2.15 bits per heavy atom. The largest absolute Gasteiger partial charge is 0.388 e. The summed E-state index contributed by atoms with van der Waals surface area (Å²) in [4.78, 5) is 0. The summed E-state index contributed by atoms with van der Waals surface area (Å²) in [6.45, 7) is 7.43. The van der Waals surface area contributed by atoms with Gasteiger partial charge in [-0.15, -0.1) is 0 Å². The van der Waals surface area contributed by atoms with Crippen LogP contribution in [-0.4, -0.2) is 20.5 Å². The molecular weight excluding hydrogens is 232 g/mol. The molecule has 1 aromatic heterocycles. The van der Waals surface area contributed by atoms with Gasteiger partial charge in [-0.3, -0.25) is 4.68 Å². The average molecular weight is 247 g/mol. The Balaban J connectivity index is 2.96. The van der Waals surface area contributed by atoms with Gasteiger partial charge in [0.25, 0.3) is 0 Å². The fourth-order valence-corrected chi connectivity index (χ4v) is 1.27. The number of aliphatic hydroxyl groups is 1. The molecule has 0 radical (unpaired) electrons. The van der Waals surface area contributed by atoms with Gasteiger partial charge in [0, 0.05) is 6.20 Å². The zero-order valence-corrected chi connectivity index (χ0v) is 9.96. The van der Waals surface area contributed by atoms with Gasteiger partial charge in [-0.25, -0.2) is 0 Å². The predicted octanol–water partition coefficient (Wildman–Crippen LogP) is 2.29. The third kappa shape index (κ3) is 2.31. The van der Waals surface area contributed by atoms with E-state index in [0.717, 1.165) is 10.2 Å². The standard InChI is InChI=1S/C9H15BrN2O/c1-6-8(10)5-12(11-6)7(2)9(3,4)13/h5,7,13H,1-4H3. The van der Waals surface area contributed by atoms with Crippen LogP contribution in [0.3, 0.4) is 0 Å². The van der Waals surface area contributed by atoms with Gasteiger partial charge in [0.2, 0.25) is 0 Å². The molecule has 0 saturated carbocycles. The lowest BCUT2D eigenvalue weighted by Gasteiger charge is -2.25. The van der Waals surface area contributed by atoms with Crippen molar-refractivity contribution in [1.29, 1.82) is 0 Å². The van der Waals surface area contributed by atoms with Crippen molar-refractivity contribution < 1.29 is 5.11 Å². The molecule has 74 valence electrons. The molecular formula is C9H15BrN2O. The highest BCUT2D eigenvalue weighted by atomic mass is 79.9. The van der Waals surface area contributed by atoms with Gasteiger partial charge in [0.15, 0.2) is 0 Å². The monoisotopic (exact) mass is 246 g/mol. The Labute approximate surface area is 86.9 Å². The first kappa shape index (κ1) is 10.7. The van der Waals surface area contributed by atoms with Crippen LogP contribution in [0.15, 0.2) is 10.7 Å². The highest BCUT2D eigenvalue weighted by Gasteiger charge is 2.24. The van der Waals surface area contributed by atoms with Crippen LogP contribution in [0.1, 0.15) is 32.5 Å². The molecule has 0 bridgehead atoms. The Morgan fingerprint density at radius 3 is 2.46 bits per heavy atom. The van der Waals surface area contributed by atoms with Crippen LogP contribution in [0.25, 0.3) is 0 Å². The molecule has 0 aliphatic heterocycles. The summed E-state index contributed by atoms with van der Waals surface area (Å²) in [7, 11) is 0. The number of hydrogen-bond donors (Lipinski definition) is 1. The van der Waals surface area contributed by atoms with Crippen LogP contribution in [0.4, 0.5) is 0 Å². The fourth-order valence-electron chi connectivity index (χ4n) is 0.981. The minimum absolute atomic E-state index is 0.0301. The maximum absolute atomic E-state index is 9.76. The van der Waals surface area contributed by atoms with Gasteiger partial charge in [0.05, 0.1) is 21.8 Å². The third-order valence-corrected chi connectivity index (χ3v) is 3.05. The summed E-state index contributed by atoms with van der Waals surface area (Å²) in [6.07, 6.45) is 1.89. The lowest BCUT2D eigenvalue weighted by molar-refractivity contribution is 0.0257. The van der Waals surface area contributed by atoms with Gasteiger partial charge in [0.1, 0.15) is 0 Å². The summed E-state index contributed by atoms with van der Waals surface area (Å²) in [6, 6.07) is -0.0301. The van der Waals surface area contributed by atoms with Crippen LogP contribution in [0, 0.1) is 6.92 Å². The SMILES string of the molecule is Cc1nn(C(C)C(C)(C)O)cc1Br. The molecule has 1 aromatic rings. The molecule has 0 saturated heterocycles. The molecule has 1 atom stereocenters. The van der Waals surface area contributed by atoms with Gasteiger partial charge in [-0.2, -0.15) is 5.10 Å².